The van der Waals surface area contributed by atoms with Gasteiger partial charge in [0, 0.05) is 38.6 Å². The average Bonchev–Trinajstić information content (AvgIpc) is 2.67. The highest BCUT2D eigenvalue weighted by atomic mass is 32.2. The van der Waals surface area contributed by atoms with E-state index in [9.17, 15) is 12.8 Å². The fraction of sp³-hybridized carbons (Fsp3) is 0.312. The molecule has 0 saturated carbocycles. The SMILES string of the molecule is Cc1ccncc1S(=O)(=O)N1CCCN(C)c2ccc(F)cc21. The van der Waals surface area contributed by atoms with Gasteiger partial charge in [0.15, 0.2) is 0 Å². The van der Waals surface area contributed by atoms with Crippen molar-refractivity contribution in [3.05, 3.63) is 48.0 Å². The Bertz CT molecular complexity index is 839. The molecule has 5 nitrogen and oxygen atoms in total. The number of rotatable bonds is 2. The topological polar surface area (TPSA) is 53.5 Å². The lowest BCUT2D eigenvalue weighted by Crippen LogP contribution is -2.32. The molecular formula is C16H18FN3O2S. The van der Waals surface area contributed by atoms with Crippen molar-refractivity contribution in [2.45, 2.75) is 18.2 Å². The van der Waals surface area contributed by atoms with E-state index < -0.39 is 15.8 Å². The molecule has 122 valence electrons. The molecule has 0 spiro atoms. The Labute approximate surface area is 135 Å². The quantitative estimate of drug-likeness (QED) is 0.846. The van der Waals surface area contributed by atoms with Gasteiger partial charge < -0.3 is 4.90 Å². The lowest BCUT2D eigenvalue weighted by Gasteiger charge is -2.26. The highest BCUT2D eigenvalue weighted by Gasteiger charge is 2.31. The second-order valence-corrected chi connectivity index (χ2v) is 7.46. The Balaban J connectivity index is 2.18. The fourth-order valence-electron chi connectivity index (χ4n) is 2.80. The molecule has 0 aliphatic carbocycles. The molecule has 0 atom stereocenters. The average molecular weight is 335 g/mol. The van der Waals surface area contributed by atoms with Crippen molar-refractivity contribution in [1.82, 2.24) is 4.98 Å². The zero-order chi connectivity index (χ0) is 16.6. The number of anilines is 2. The van der Waals surface area contributed by atoms with Crippen LogP contribution in [0.25, 0.3) is 0 Å². The van der Waals surface area contributed by atoms with Crippen LogP contribution in [-0.2, 0) is 10.0 Å². The van der Waals surface area contributed by atoms with E-state index >= 15 is 0 Å². The standard InChI is InChI=1S/C16H18FN3O2S/c1-12-6-7-18-11-16(12)23(21,22)20-9-3-8-19(2)14-5-4-13(17)10-15(14)20/h4-7,10-11H,3,8-9H2,1-2H3. The van der Waals surface area contributed by atoms with Crippen molar-refractivity contribution in [2.24, 2.45) is 0 Å². The van der Waals surface area contributed by atoms with Gasteiger partial charge in [-0.05, 0) is 37.1 Å². The van der Waals surface area contributed by atoms with Crippen molar-refractivity contribution in [2.75, 3.05) is 29.3 Å². The summed E-state index contributed by atoms with van der Waals surface area (Å²) in [6, 6.07) is 5.90. The number of sulfonamides is 1. The van der Waals surface area contributed by atoms with Crippen LogP contribution in [0.3, 0.4) is 0 Å². The Morgan fingerprint density at radius 1 is 1.17 bits per heavy atom. The van der Waals surface area contributed by atoms with Gasteiger partial charge in [-0.15, -0.1) is 0 Å². The summed E-state index contributed by atoms with van der Waals surface area (Å²) in [5.41, 5.74) is 1.69. The van der Waals surface area contributed by atoms with Gasteiger partial charge >= 0.3 is 0 Å². The van der Waals surface area contributed by atoms with E-state index in [1.165, 1.54) is 22.6 Å². The minimum absolute atomic E-state index is 0.153. The van der Waals surface area contributed by atoms with Crippen LogP contribution in [0, 0.1) is 12.7 Å². The third-order valence-electron chi connectivity index (χ3n) is 4.03. The van der Waals surface area contributed by atoms with Crippen LogP contribution in [0.2, 0.25) is 0 Å². The molecule has 0 saturated heterocycles. The zero-order valence-electron chi connectivity index (χ0n) is 13.0. The van der Waals surface area contributed by atoms with Crippen molar-refractivity contribution in [3.63, 3.8) is 0 Å². The van der Waals surface area contributed by atoms with E-state index in [0.717, 1.165) is 0 Å². The summed E-state index contributed by atoms with van der Waals surface area (Å²) in [6.07, 6.45) is 3.56. The van der Waals surface area contributed by atoms with E-state index in [-0.39, 0.29) is 4.90 Å². The van der Waals surface area contributed by atoms with Gasteiger partial charge in [0.25, 0.3) is 10.0 Å². The second kappa shape index (κ2) is 5.81. The summed E-state index contributed by atoms with van der Waals surface area (Å²) in [5.74, 6) is -0.456. The molecule has 0 N–H and O–H groups in total. The Morgan fingerprint density at radius 2 is 1.96 bits per heavy atom. The molecule has 0 radical (unpaired) electrons. The minimum Gasteiger partial charge on any atom is -0.373 e. The monoisotopic (exact) mass is 335 g/mol. The Hall–Kier alpha value is -2.15. The summed E-state index contributed by atoms with van der Waals surface area (Å²) in [7, 11) is -1.91. The van der Waals surface area contributed by atoms with Crippen molar-refractivity contribution in [3.8, 4) is 0 Å². The van der Waals surface area contributed by atoms with Gasteiger partial charge in [-0.1, -0.05) is 0 Å². The number of fused-ring (bicyclic) bond motifs is 1. The molecule has 7 heteroatoms. The molecule has 0 unspecified atom stereocenters. The third-order valence-corrected chi connectivity index (χ3v) is 5.97. The smallest absolute Gasteiger partial charge is 0.266 e. The van der Waals surface area contributed by atoms with E-state index in [0.29, 0.717) is 36.4 Å². The first-order valence-corrected chi connectivity index (χ1v) is 8.79. The highest BCUT2D eigenvalue weighted by molar-refractivity contribution is 7.92. The van der Waals surface area contributed by atoms with Crippen LogP contribution in [0.4, 0.5) is 15.8 Å². The predicted molar refractivity (Wildman–Crippen MR) is 87.8 cm³/mol. The molecule has 1 aromatic heterocycles. The lowest BCUT2D eigenvalue weighted by atomic mass is 10.2. The van der Waals surface area contributed by atoms with Crippen molar-refractivity contribution >= 4 is 21.4 Å². The van der Waals surface area contributed by atoms with Gasteiger partial charge in [0.05, 0.1) is 11.4 Å². The number of hydrogen-bond acceptors (Lipinski definition) is 4. The first-order chi connectivity index (χ1) is 10.9. The van der Waals surface area contributed by atoms with Crippen LogP contribution in [-0.4, -0.2) is 33.5 Å². The summed E-state index contributed by atoms with van der Waals surface area (Å²) in [5, 5.41) is 0. The van der Waals surface area contributed by atoms with Gasteiger partial charge in [-0.25, -0.2) is 12.8 Å². The van der Waals surface area contributed by atoms with Crippen LogP contribution in [0.5, 0.6) is 0 Å². The number of nitrogens with zero attached hydrogens (tertiary/aromatic N) is 3. The molecule has 2 aromatic rings. The van der Waals surface area contributed by atoms with Gasteiger partial charge in [-0.3, -0.25) is 9.29 Å². The van der Waals surface area contributed by atoms with E-state index in [1.807, 2.05) is 11.9 Å². The molecule has 2 heterocycles. The first kappa shape index (κ1) is 15.7. The summed E-state index contributed by atoms with van der Waals surface area (Å²) in [6.45, 7) is 2.74. The first-order valence-electron chi connectivity index (χ1n) is 7.35. The molecule has 0 fully saturated rings. The maximum atomic E-state index is 13.7. The summed E-state index contributed by atoms with van der Waals surface area (Å²) < 4.78 is 41.2. The third kappa shape index (κ3) is 2.76. The molecule has 0 amide bonds. The molecule has 23 heavy (non-hydrogen) atoms. The maximum Gasteiger partial charge on any atom is 0.266 e. The van der Waals surface area contributed by atoms with Crippen molar-refractivity contribution in [1.29, 1.82) is 0 Å². The van der Waals surface area contributed by atoms with E-state index in [1.54, 1.807) is 25.3 Å². The number of aryl methyl sites for hydroxylation is 1. The molecule has 1 aliphatic heterocycles. The zero-order valence-corrected chi connectivity index (χ0v) is 13.8. The number of pyridine rings is 1. The van der Waals surface area contributed by atoms with Gasteiger partial charge in [0.2, 0.25) is 0 Å². The van der Waals surface area contributed by atoms with Crippen LogP contribution in [0.15, 0.2) is 41.6 Å². The second-order valence-electron chi connectivity index (χ2n) is 5.63. The maximum absolute atomic E-state index is 13.7. The fourth-order valence-corrected chi connectivity index (χ4v) is 4.48. The molecule has 0 bridgehead atoms. The normalized spacial score (nSPS) is 15.3. The van der Waals surface area contributed by atoms with Crippen LogP contribution < -0.4 is 9.21 Å². The number of halogens is 1. The van der Waals surface area contributed by atoms with Crippen LogP contribution >= 0.6 is 0 Å². The Morgan fingerprint density at radius 3 is 2.70 bits per heavy atom. The van der Waals surface area contributed by atoms with Crippen LogP contribution in [0.1, 0.15) is 12.0 Å². The number of hydrogen-bond donors (Lipinski definition) is 0. The minimum atomic E-state index is -3.79. The highest BCUT2D eigenvalue weighted by Crippen LogP contribution is 2.36. The van der Waals surface area contributed by atoms with E-state index in [4.69, 9.17) is 0 Å². The van der Waals surface area contributed by atoms with Crippen molar-refractivity contribution < 1.29 is 12.8 Å². The lowest BCUT2D eigenvalue weighted by molar-refractivity contribution is 0.588. The largest absolute Gasteiger partial charge is 0.373 e. The summed E-state index contributed by atoms with van der Waals surface area (Å²) >= 11 is 0. The number of benzene rings is 1. The van der Waals surface area contributed by atoms with Gasteiger partial charge in [-0.2, -0.15) is 0 Å². The molecule has 3 rings (SSSR count). The molecule has 1 aromatic carbocycles. The molecule has 1 aliphatic rings. The molecular weight excluding hydrogens is 317 g/mol. The summed E-state index contributed by atoms with van der Waals surface area (Å²) in [4.78, 5) is 6.03. The Kier molecular flexibility index (Phi) is 3.97. The number of aromatic nitrogens is 1. The van der Waals surface area contributed by atoms with E-state index in [2.05, 4.69) is 4.98 Å². The predicted octanol–water partition coefficient (Wildman–Crippen LogP) is 2.56. The van der Waals surface area contributed by atoms with Gasteiger partial charge in [0.1, 0.15) is 10.7 Å².